The lowest BCUT2D eigenvalue weighted by atomic mass is 10.1. The molecule has 6 heteroatoms. The van der Waals surface area contributed by atoms with E-state index in [0.29, 0.717) is 23.1 Å². The average Bonchev–Trinajstić information content (AvgIpc) is 3.27. The first kappa shape index (κ1) is 15.4. The molecule has 0 unspecified atom stereocenters. The van der Waals surface area contributed by atoms with Gasteiger partial charge in [-0.25, -0.2) is 4.98 Å². The molecular weight excluding hydrogens is 334 g/mol. The Balaban J connectivity index is 1.71. The molecule has 0 aliphatic carbocycles. The van der Waals surface area contributed by atoms with E-state index in [4.69, 9.17) is 10.2 Å². The minimum absolute atomic E-state index is 0.0706. The van der Waals surface area contributed by atoms with Crippen molar-refractivity contribution in [2.45, 2.75) is 6.54 Å². The molecule has 3 aromatic heterocycles. The Kier molecular flexibility index (Phi) is 3.95. The fourth-order valence-electron chi connectivity index (χ4n) is 2.67. The van der Waals surface area contributed by atoms with Gasteiger partial charge in [0.15, 0.2) is 10.9 Å². The van der Waals surface area contributed by atoms with Crippen LogP contribution in [0.25, 0.3) is 21.9 Å². The molecule has 0 spiro atoms. The van der Waals surface area contributed by atoms with Gasteiger partial charge in [-0.2, -0.15) is 0 Å². The second kappa shape index (κ2) is 6.41. The van der Waals surface area contributed by atoms with Gasteiger partial charge in [0.1, 0.15) is 5.69 Å². The summed E-state index contributed by atoms with van der Waals surface area (Å²) in [5, 5.41) is 0.440. The molecule has 0 saturated heterocycles. The SMILES string of the molecule is Nc1nc(-c2ccco2)c(-c2ccn(Cc3ccccc3)c(=O)c2)s1. The van der Waals surface area contributed by atoms with Crippen LogP contribution >= 0.6 is 11.3 Å². The number of hydrogen-bond donors (Lipinski definition) is 1. The van der Waals surface area contributed by atoms with E-state index < -0.39 is 0 Å². The third-order valence-electron chi connectivity index (χ3n) is 3.85. The summed E-state index contributed by atoms with van der Waals surface area (Å²) in [7, 11) is 0. The summed E-state index contributed by atoms with van der Waals surface area (Å²) in [6.07, 6.45) is 3.39. The Morgan fingerprint density at radius 2 is 1.96 bits per heavy atom. The van der Waals surface area contributed by atoms with Crippen molar-refractivity contribution in [2.75, 3.05) is 5.73 Å². The highest BCUT2D eigenvalue weighted by Crippen LogP contribution is 2.37. The van der Waals surface area contributed by atoms with Crippen LogP contribution in [0.2, 0.25) is 0 Å². The average molecular weight is 349 g/mol. The van der Waals surface area contributed by atoms with Gasteiger partial charge >= 0.3 is 0 Å². The van der Waals surface area contributed by atoms with E-state index in [1.54, 1.807) is 29.2 Å². The number of nitrogens with two attached hydrogens (primary N) is 1. The Hall–Kier alpha value is -3.12. The fourth-order valence-corrected chi connectivity index (χ4v) is 3.51. The van der Waals surface area contributed by atoms with Crippen LogP contribution in [-0.2, 0) is 6.54 Å². The lowest BCUT2D eigenvalue weighted by Gasteiger charge is -2.07. The first-order chi connectivity index (χ1) is 12.2. The van der Waals surface area contributed by atoms with Gasteiger partial charge in [-0.15, -0.1) is 0 Å². The Morgan fingerprint density at radius 3 is 2.68 bits per heavy atom. The predicted molar refractivity (Wildman–Crippen MR) is 99.5 cm³/mol. The third kappa shape index (κ3) is 3.12. The van der Waals surface area contributed by atoms with Gasteiger partial charge in [0.2, 0.25) is 0 Å². The number of nitrogen functional groups attached to an aromatic ring is 1. The van der Waals surface area contributed by atoms with Crippen molar-refractivity contribution in [3.8, 4) is 21.9 Å². The smallest absolute Gasteiger partial charge is 0.251 e. The van der Waals surface area contributed by atoms with Crippen molar-refractivity contribution in [3.63, 3.8) is 0 Å². The number of pyridine rings is 1. The molecule has 2 N–H and O–H groups in total. The van der Waals surface area contributed by atoms with E-state index in [2.05, 4.69) is 4.98 Å². The maximum absolute atomic E-state index is 12.5. The van der Waals surface area contributed by atoms with Crippen LogP contribution in [-0.4, -0.2) is 9.55 Å². The topological polar surface area (TPSA) is 74.0 Å². The number of furan rings is 1. The van der Waals surface area contributed by atoms with E-state index in [0.717, 1.165) is 16.0 Å². The normalized spacial score (nSPS) is 10.9. The monoisotopic (exact) mass is 349 g/mol. The predicted octanol–water partition coefficient (Wildman–Crippen LogP) is 3.86. The maximum Gasteiger partial charge on any atom is 0.251 e. The summed E-state index contributed by atoms with van der Waals surface area (Å²) in [6.45, 7) is 0.538. The second-order valence-electron chi connectivity index (χ2n) is 5.57. The summed E-state index contributed by atoms with van der Waals surface area (Å²) in [6, 6.07) is 17.0. The summed E-state index contributed by atoms with van der Waals surface area (Å²) in [5.41, 5.74) is 8.33. The first-order valence-corrected chi connectivity index (χ1v) is 8.57. The van der Waals surface area contributed by atoms with Crippen LogP contribution in [0.15, 0.2) is 76.3 Å². The molecular formula is C19H15N3O2S. The minimum atomic E-state index is -0.0706. The van der Waals surface area contributed by atoms with Crippen molar-refractivity contribution >= 4 is 16.5 Å². The van der Waals surface area contributed by atoms with Crippen LogP contribution < -0.4 is 11.3 Å². The van der Waals surface area contributed by atoms with Gasteiger partial charge in [-0.3, -0.25) is 4.79 Å². The molecule has 0 amide bonds. The molecule has 0 aliphatic rings. The Morgan fingerprint density at radius 1 is 1.12 bits per heavy atom. The Labute approximate surface area is 148 Å². The van der Waals surface area contributed by atoms with Crippen LogP contribution in [0, 0.1) is 0 Å². The van der Waals surface area contributed by atoms with Crippen LogP contribution in [0.3, 0.4) is 0 Å². The maximum atomic E-state index is 12.5. The van der Waals surface area contributed by atoms with Crippen molar-refractivity contribution in [1.29, 1.82) is 0 Å². The number of nitrogens with zero attached hydrogens (tertiary/aromatic N) is 2. The molecule has 0 atom stereocenters. The molecule has 3 heterocycles. The number of thiazole rings is 1. The molecule has 5 nitrogen and oxygen atoms in total. The van der Waals surface area contributed by atoms with Crippen molar-refractivity contribution in [1.82, 2.24) is 9.55 Å². The van der Waals surface area contributed by atoms with Crippen LogP contribution in [0.5, 0.6) is 0 Å². The lowest BCUT2D eigenvalue weighted by Crippen LogP contribution is -2.19. The number of aromatic nitrogens is 2. The molecule has 0 radical (unpaired) electrons. The van der Waals surface area contributed by atoms with E-state index in [-0.39, 0.29) is 5.56 Å². The zero-order valence-corrected chi connectivity index (χ0v) is 14.1. The summed E-state index contributed by atoms with van der Waals surface area (Å²) < 4.78 is 7.11. The fraction of sp³-hybridized carbons (Fsp3) is 0.0526. The zero-order valence-electron chi connectivity index (χ0n) is 13.3. The lowest BCUT2D eigenvalue weighted by molar-refractivity contribution is 0.581. The number of hydrogen-bond acceptors (Lipinski definition) is 5. The highest BCUT2D eigenvalue weighted by atomic mass is 32.1. The first-order valence-electron chi connectivity index (χ1n) is 7.76. The molecule has 0 fully saturated rings. The largest absolute Gasteiger partial charge is 0.463 e. The molecule has 4 rings (SSSR count). The van der Waals surface area contributed by atoms with Crippen LogP contribution in [0.1, 0.15) is 5.56 Å². The minimum Gasteiger partial charge on any atom is -0.463 e. The van der Waals surface area contributed by atoms with E-state index in [1.165, 1.54) is 11.3 Å². The number of rotatable bonds is 4. The molecule has 0 bridgehead atoms. The number of anilines is 1. The van der Waals surface area contributed by atoms with Crippen LogP contribution in [0.4, 0.5) is 5.13 Å². The second-order valence-corrected chi connectivity index (χ2v) is 6.60. The summed E-state index contributed by atoms with van der Waals surface area (Å²) in [5.74, 6) is 0.636. The zero-order chi connectivity index (χ0) is 17.2. The molecule has 0 saturated carbocycles. The van der Waals surface area contributed by atoms with Crippen molar-refractivity contribution in [2.24, 2.45) is 0 Å². The van der Waals surface area contributed by atoms with Gasteiger partial charge < -0.3 is 14.7 Å². The van der Waals surface area contributed by atoms with Gasteiger partial charge in [-0.05, 0) is 23.8 Å². The van der Waals surface area contributed by atoms with Gasteiger partial charge in [0, 0.05) is 17.8 Å². The quantitative estimate of drug-likeness (QED) is 0.607. The highest BCUT2D eigenvalue weighted by molar-refractivity contribution is 7.19. The van der Waals surface area contributed by atoms with E-state index >= 15 is 0 Å². The highest BCUT2D eigenvalue weighted by Gasteiger charge is 2.16. The van der Waals surface area contributed by atoms with E-state index in [9.17, 15) is 4.79 Å². The molecule has 0 aliphatic heterocycles. The third-order valence-corrected chi connectivity index (χ3v) is 4.79. The van der Waals surface area contributed by atoms with Crippen molar-refractivity contribution in [3.05, 3.63) is 83.0 Å². The molecule has 124 valence electrons. The van der Waals surface area contributed by atoms with E-state index in [1.807, 2.05) is 42.5 Å². The number of benzene rings is 1. The van der Waals surface area contributed by atoms with Gasteiger partial charge in [-0.1, -0.05) is 41.7 Å². The summed E-state index contributed by atoms with van der Waals surface area (Å²) >= 11 is 1.34. The van der Waals surface area contributed by atoms with Crippen molar-refractivity contribution < 1.29 is 4.42 Å². The molecule has 25 heavy (non-hydrogen) atoms. The molecule has 1 aromatic carbocycles. The molecule has 4 aromatic rings. The summed E-state index contributed by atoms with van der Waals surface area (Å²) in [4.78, 5) is 17.7. The Bertz CT molecular complexity index is 1050. The standard InChI is InChI=1S/C19H15N3O2S/c20-19-21-17(15-7-4-10-24-15)18(25-19)14-8-9-22(16(23)11-14)12-13-5-2-1-3-6-13/h1-11H,12H2,(H2,20,21). The van der Waals surface area contributed by atoms with Gasteiger partial charge in [0.25, 0.3) is 5.56 Å². The van der Waals surface area contributed by atoms with Gasteiger partial charge in [0.05, 0.1) is 17.7 Å².